The smallest absolute Gasteiger partial charge is 0.337 e. The molecule has 0 spiro atoms. The first kappa shape index (κ1) is 11.1. The standard InChI is InChI=1S/C13H17NO2/c1-13(6-7-14-9-13)11-5-3-4-10(8-11)12(15)16-2/h3-5,8,14H,6-7,9H2,1-2H3/t13-/m0/s1. The van der Waals surface area contributed by atoms with E-state index in [9.17, 15) is 4.79 Å². The SMILES string of the molecule is COC(=O)c1cccc([C@@]2(C)CCNC2)c1. The molecule has 0 bridgehead atoms. The highest BCUT2D eigenvalue weighted by Gasteiger charge is 2.30. The quantitative estimate of drug-likeness (QED) is 0.770. The molecule has 1 aromatic carbocycles. The Bertz CT molecular complexity index is 395. The molecule has 0 unspecified atom stereocenters. The molecule has 0 aromatic heterocycles. The van der Waals surface area contributed by atoms with E-state index in [2.05, 4.69) is 18.3 Å². The van der Waals surface area contributed by atoms with E-state index >= 15 is 0 Å². The number of hydrogen-bond donors (Lipinski definition) is 1. The summed E-state index contributed by atoms with van der Waals surface area (Å²) in [5.41, 5.74) is 1.98. The summed E-state index contributed by atoms with van der Waals surface area (Å²) in [6.45, 7) is 4.24. The molecule has 1 N–H and O–H groups in total. The van der Waals surface area contributed by atoms with Gasteiger partial charge in [0.05, 0.1) is 12.7 Å². The van der Waals surface area contributed by atoms with E-state index in [1.54, 1.807) is 6.07 Å². The number of ether oxygens (including phenoxy) is 1. The molecule has 1 heterocycles. The molecule has 0 aliphatic carbocycles. The third kappa shape index (κ3) is 1.95. The van der Waals surface area contributed by atoms with Crippen LogP contribution in [0.3, 0.4) is 0 Å². The predicted molar refractivity (Wildman–Crippen MR) is 62.6 cm³/mol. The number of carbonyl (C=O) groups excluding carboxylic acids is 1. The average Bonchev–Trinajstić information content (AvgIpc) is 2.77. The van der Waals surface area contributed by atoms with Gasteiger partial charge in [-0.05, 0) is 30.7 Å². The van der Waals surface area contributed by atoms with E-state index in [-0.39, 0.29) is 11.4 Å². The maximum absolute atomic E-state index is 11.4. The number of rotatable bonds is 2. The molecular formula is C13H17NO2. The van der Waals surface area contributed by atoms with Crippen molar-refractivity contribution >= 4 is 5.97 Å². The average molecular weight is 219 g/mol. The van der Waals surface area contributed by atoms with E-state index in [1.165, 1.54) is 12.7 Å². The van der Waals surface area contributed by atoms with Gasteiger partial charge in [-0.15, -0.1) is 0 Å². The lowest BCUT2D eigenvalue weighted by molar-refractivity contribution is 0.0600. The summed E-state index contributed by atoms with van der Waals surface area (Å²) in [5.74, 6) is -0.267. The van der Waals surface area contributed by atoms with Gasteiger partial charge >= 0.3 is 5.97 Å². The van der Waals surface area contributed by atoms with E-state index in [0.29, 0.717) is 5.56 Å². The molecule has 1 aromatic rings. The molecule has 86 valence electrons. The van der Waals surface area contributed by atoms with E-state index in [0.717, 1.165) is 19.5 Å². The van der Waals surface area contributed by atoms with Gasteiger partial charge < -0.3 is 10.1 Å². The van der Waals surface area contributed by atoms with Gasteiger partial charge in [-0.25, -0.2) is 4.79 Å². The minimum Gasteiger partial charge on any atom is -0.465 e. The van der Waals surface area contributed by atoms with Crippen LogP contribution in [0.15, 0.2) is 24.3 Å². The van der Waals surface area contributed by atoms with Crippen molar-refractivity contribution in [2.45, 2.75) is 18.8 Å². The molecule has 0 saturated carbocycles. The number of methoxy groups -OCH3 is 1. The minimum absolute atomic E-state index is 0.143. The van der Waals surface area contributed by atoms with E-state index in [4.69, 9.17) is 4.74 Å². The fraction of sp³-hybridized carbons (Fsp3) is 0.462. The second-order valence-corrected chi connectivity index (χ2v) is 4.56. The van der Waals surface area contributed by atoms with Crippen molar-refractivity contribution in [3.8, 4) is 0 Å². The number of hydrogen-bond acceptors (Lipinski definition) is 3. The maximum Gasteiger partial charge on any atom is 0.337 e. The van der Waals surface area contributed by atoms with Crippen LogP contribution >= 0.6 is 0 Å². The zero-order chi connectivity index (χ0) is 11.6. The molecule has 1 fully saturated rings. The lowest BCUT2D eigenvalue weighted by Gasteiger charge is -2.23. The Hall–Kier alpha value is -1.35. The van der Waals surface area contributed by atoms with Crippen LogP contribution in [0.25, 0.3) is 0 Å². The van der Waals surface area contributed by atoms with Crippen molar-refractivity contribution in [2.24, 2.45) is 0 Å². The Morgan fingerprint density at radius 3 is 2.94 bits per heavy atom. The summed E-state index contributed by atoms with van der Waals surface area (Å²) in [7, 11) is 1.41. The molecule has 1 aliphatic rings. The first-order chi connectivity index (χ1) is 7.65. The topological polar surface area (TPSA) is 38.3 Å². The lowest BCUT2D eigenvalue weighted by Crippen LogP contribution is -2.25. The Kier molecular flexibility index (Phi) is 2.97. The largest absolute Gasteiger partial charge is 0.465 e. The van der Waals surface area contributed by atoms with Gasteiger partial charge in [0, 0.05) is 12.0 Å². The molecular weight excluding hydrogens is 202 g/mol. The van der Waals surface area contributed by atoms with Gasteiger partial charge in [-0.1, -0.05) is 19.1 Å². The molecule has 3 nitrogen and oxygen atoms in total. The van der Waals surface area contributed by atoms with Crippen LogP contribution in [0.2, 0.25) is 0 Å². The normalized spacial score (nSPS) is 24.4. The van der Waals surface area contributed by atoms with E-state index in [1.807, 2.05) is 12.1 Å². The maximum atomic E-state index is 11.4. The first-order valence-corrected chi connectivity index (χ1v) is 5.55. The van der Waals surface area contributed by atoms with Crippen molar-refractivity contribution in [3.05, 3.63) is 35.4 Å². The molecule has 1 atom stereocenters. The van der Waals surface area contributed by atoms with Crippen molar-refractivity contribution in [1.29, 1.82) is 0 Å². The number of nitrogens with one attached hydrogen (secondary N) is 1. The highest BCUT2D eigenvalue weighted by Crippen LogP contribution is 2.30. The fourth-order valence-electron chi connectivity index (χ4n) is 2.20. The number of carbonyl (C=O) groups is 1. The van der Waals surface area contributed by atoms with Gasteiger partial charge in [0.15, 0.2) is 0 Å². The molecule has 0 amide bonds. The first-order valence-electron chi connectivity index (χ1n) is 5.55. The Labute approximate surface area is 95.8 Å². The highest BCUT2D eigenvalue weighted by molar-refractivity contribution is 5.89. The number of esters is 1. The minimum atomic E-state index is -0.267. The zero-order valence-electron chi connectivity index (χ0n) is 9.75. The van der Waals surface area contributed by atoms with Gasteiger partial charge in [-0.3, -0.25) is 0 Å². The molecule has 16 heavy (non-hydrogen) atoms. The monoisotopic (exact) mass is 219 g/mol. The third-order valence-electron chi connectivity index (χ3n) is 3.35. The van der Waals surface area contributed by atoms with Gasteiger partial charge in [0.25, 0.3) is 0 Å². The molecule has 2 rings (SSSR count). The van der Waals surface area contributed by atoms with Gasteiger partial charge in [0.1, 0.15) is 0 Å². The summed E-state index contributed by atoms with van der Waals surface area (Å²) >= 11 is 0. The van der Waals surface area contributed by atoms with Crippen LogP contribution in [-0.2, 0) is 10.2 Å². The van der Waals surface area contributed by atoms with Crippen LogP contribution in [-0.4, -0.2) is 26.2 Å². The Balaban J connectivity index is 2.32. The number of benzene rings is 1. The van der Waals surface area contributed by atoms with E-state index < -0.39 is 0 Å². The molecule has 1 saturated heterocycles. The lowest BCUT2D eigenvalue weighted by atomic mass is 9.81. The molecule has 3 heteroatoms. The van der Waals surface area contributed by atoms with Gasteiger partial charge in [0.2, 0.25) is 0 Å². The molecule has 1 aliphatic heterocycles. The van der Waals surface area contributed by atoms with Crippen LogP contribution in [0.5, 0.6) is 0 Å². The Morgan fingerprint density at radius 2 is 2.31 bits per heavy atom. The zero-order valence-corrected chi connectivity index (χ0v) is 9.75. The summed E-state index contributed by atoms with van der Waals surface area (Å²) in [6, 6.07) is 7.74. The van der Waals surface area contributed by atoms with Crippen molar-refractivity contribution in [1.82, 2.24) is 5.32 Å². The summed E-state index contributed by atoms with van der Waals surface area (Å²) in [6.07, 6.45) is 1.11. The second-order valence-electron chi connectivity index (χ2n) is 4.56. The Morgan fingerprint density at radius 1 is 1.50 bits per heavy atom. The fourth-order valence-corrected chi connectivity index (χ4v) is 2.20. The molecule has 0 radical (unpaired) electrons. The van der Waals surface area contributed by atoms with Crippen molar-refractivity contribution < 1.29 is 9.53 Å². The summed E-state index contributed by atoms with van der Waals surface area (Å²) < 4.78 is 4.73. The van der Waals surface area contributed by atoms with Crippen molar-refractivity contribution in [2.75, 3.05) is 20.2 Å². The summed E-state index contributed by atoms with van der Waals surface area (Å²) in [4.78, 5) is 11.4. The summed E-state index contributed by atoms with van der Waals surface area (Å²) in [5, 5.41) is 3.36. The third-order valence-corrected chi connectivity index (χ3v) is 3.35. The second kappa shape index (κ2) is 4.26. The van der Waals surface area contributed by atoms with Gasteiger partial charge in [-0.2, -0.15) is 0 Å². The van der Waals surface area contributed by atoms with Crippen LogP contribution < -0.4 is 5.32 Å². The van der Waals surface area contributed by atoms with Crippen molar-refractivity contribution in [3.63, 3.8) is 0 Å². The predicted octanol–water partition coefficient (Wildman–Crippen LogP) is 1.72. The highest BCUT2D eigenvalue weighted by atomic mass is 16.5. The van der Waals surface area contributed by atoms with Crippen LogP contribution in [0.4, 0.5) is 0 Å². The van der Waals surface area contributed by atoms with Crippen LogP contribution in [0, 0.1) is 0 Å². The van der Waals surface area contributed by atoms with Crippen LogP contribution in [0.1, 0.15) is 29.3 Å².